The Bertz CT molecular complexity index is 1740. The summed E-state index contributed by atoms with van der Waals surface area (Å²) in [7, 11) is 0. The number of hydrazone groups is 1. The average Bonchev–Trinajstić information content (AvgIpc) is 3.51. The lowest BCUT2D eigenvalue weighted by atomic mass is 10.1. The molecule has 0 saturated heterocycles. The van der Waals surface area contributed by atoms with Gasteiger partial charge in [-0.15, -0.1) is 0 Å². The van der Waals surface area contributed by atoms with Crippen LogP contribution in [-0.4, -0.2) is 37.4 Å². The van der Waals surface area contributed by atoms with Crippen molar-refractivity contribution < 1.29 is 33.3 Å². The Hall–Kier alpha value is -5.42. The van der Waals surface area contributed by atoms with Crippen LogP contribution < -0.4 is 29.7 Å². The van der Waals surface area contributed by atoms with E-state index in [0.29, 0.717) is 46.1 Å². The van der Waals surface area contributed by atoms with Gasteiger partial charge in [0.2, 0.25) is 6.79 Å². The summed E-state index contributed by atoms with van der Waals surface area (Å²) in [6, 6.07) is 25.3. The molecule has 2 N–H and O–H groups in total. The van der Waals surface area contributed by atoms with Gasteiger partial charge in [-0.05, 0) is 90.9 Å². The molecule has 1 heterocycles. The number of fused-ring (bicyclic) bond motifs is 1. The van der Waals surface area contributed by atoms with Crippen molar-refractivity contribution in [1.29, 1.82) is 0 Å². The van der Waals surface area contributed by atoms with Gasteiger partial charge in [-0.25, -0.2) is 10.2 Å². The normalized spacial score (nSPS) is 12.1. The van der Waals surface area contributed by atoms with Gasteiger partial charge in [-0.2, -0.15) is 5.10 Å². The van der Waals surface area contributed by atoms with E-state index in [-0.39, 0.29) is 18.2 Å². The zero-order chi connectivity index (χ0) is 30.9. The van der Waals surface area contributed by atoms with E-state index in [1.165, 1.54) is 12.3 Å². The van der Waals surface area contributed by atoms with Gasteiger partial charge in [0, 0.05) is 10.0 Å². The molecular formula is C33H26BrN3O7. The molecule has 1 aliphatic rings. The second-order valence-corrected chi connectivity index (χ2v) is 10.1. The smallest absolute Gasteiger partial charge is 0.343 e. The quantitative estimate of drug-likeness (QED) is 0.0736. The Balaban J connectivity index is 1.31. The Kier molecular flexibility index (Phi) is 9.68. The van der Waals surface area contributed by atoms with Crippen LogP contribution in [0.1, 0.15) is 38.8 Å². The Morgan fingerprint density at radius 2 is 1.61 bits per heavy atom. The first kappa shape index (κ1) is 30.1. The third-order valence-electron chi connectivity index (χ3n) is 6.17. The molecule has 44 heavy (non-hydrogen) atoms. The molecule has 0 fully saturated rings. The molecule has 11 heteroatoms. The lowest BCUT2D eigenvalue weighted by Gasteiger charge is -2.11. The van der Waals surface area contributed by atoms with Gasteiger partial charge in [0.1, 0.15) is 5.70 Å². The molecule has 0 atom stereocenters. The summed E-state index contributed by atoms with van der Waals surface area (Å²) in [6.45, 7) is 2.24. The molecule has 1 aliphatic heterocycles. The van der Waals surface area contributed by atoms with Crippen LogP contribution in [0.5, 0.6) is 23.0 Å². The fourth-order valence-corrected chi connectivity index (χ4v) is 4.30. The van der Waals surface area contributed by atoms with E-state index in [1.54, 1.807) is 97.9 Å². The summed E-state index contributed by atoms with van der Waals surface area (Å²) < 4.78 is 22.8. The van der Waals surface area contributed by atoms with Crippen molar-refractivity contribution in [2.24, 2.45) is 5.10 Å². The van der Waals surface area contributed by atoms with Crippen LogP contribution in [0.3, 0.4) is 0 Å². The predicted molar refractivity (Wildman–Crippen MR) is 167 cm³/mol. The molecule has 2 amide bonds. The molecule has 4 aromatic carbocycles. The lowest BCUT2D eigenvalue weighted by Crippen LogP contribution is -2.32. The van der Waals surface area contributed by atoms with Crippen LogP contribution in [0.25, 0.3) is 6.08 Å². The second-order valence-electron chi connectivity index (χ2n) is 9.23. The van der Waals surface area contributed by atoms with Crippen molar-refractivity contribution in [2.75, 3.05) is 13.4 Å². The van der Waals surface area contributed by atoms with Gasteiger partial charge in [0.05, 0.1) is 18.4 Å². The fourth-order valence-electron chi connectivity index (χ4n) is 4.04. The van der Waals surface area contributed by atoms with Crippen molar-refractivity contribution in [2.45, 2.75) is 6.92 Å². The second kappa shape index (κ2) is 14.2. The minimum absolute atomic E-state index is 0.0416. The van der Waals surface area contributed by atoms with E-state index in [2.05, 4.69) is 31.8 Å². The average molecular weight is 656 g/mol. The maximum Gasteiger partial charge on any atom is 0.343 e. The first-order valence-electron chi connectivity index (χ1n) is 13.5. The highest BCUT2D eigenvalue weighted by molar-refractivity contribution is 9.10. The van der Waals surface area contributed by atoms with E-state index in [9.17, 15) is 14.4 Å². The zero-order valence-electron chi connectivity index (χ0n) is 23.4. The summed E-state index contributed by atoms with van der Waals surface area (Å²) in [4.78, 5) is 38.7. The van der Waals surface area contributed by atoms with Crippen LogP contribution in [0.4, 0.5) is 0 Å². The van der Waals surface area contributed by atoms with Crippen LogP contribution in [0, 0.1) is 0 Å². The van der Waals surface area contributed by atoms with Gasteiger partial charge in [0.25, 0.3) is 11.8 Å². The van der Waals surface area contributed by atoms with Gasteiger partial charge >= 0.3 is 5.97 Å². The molecule has 4 aromatic rings. The number of benzene rings is 4. The number of ether oxygens (including phenoxy) is 4. The summed E-state index contributed by atoms with van der Waals surface area (Å²) in [6.07, 6.45) is 2.91. The number of carbonyl (C=O) groups is 3. The van der Waals surface area contributed by atoms with Gasteiger partial charge in [0.15, 0.2) is 23.0 Å². The number of hydrogen-bond acceptors (Lipinski definition) is 8. The van der Waals surface area contributed by atoms with Crippen LogP contribution in [0.2, 0.25) is 0 Å². The maximum absolute atomic E-state index is 13.2. The number of nitrogens with one attached hydrogen (secondary N) is 2. The number of halogens is 1. The summed E-state index contributed by atoms with van der Waals surface area (Å²) in [5.74, 6) is 0.0185. The minimum atomic E-state index is -0.659. The highest BCUT2D eigenvalue weighted by Crippen LogP contribution is 2.33. The van der Waals surface area contributed by atoms with E-state index in [0.717, 1.165) is 4.47 Å². The Labute approximate surface area is 261 Å². The van der Waals surface area contributed by atoms with E-state index in [1.807, 2.05) is 0 Å². The van der Waals surface area contributed by atoms with Crippen molar-refractivity contribution in [3.63, 3.8) is 0 Å². The largest absolute Gasteiger partial charge is 0.490 e. The Morgan fingerprint density at radius 3 is 2.39 bits per heavy atom. The first-order chi connectivity index (χ1) is 21.4. The van der Waals surface area contributed by atoms with E-state index in [4.69, 9.17) is 18.9 Å². The van der Waals surface area contributed by atoms with E-state index < -0.39 is 17.8 Å². The molecule has 10 nitrogen and oxygen atoms in total. The van der Waals surface area contributed by atoms with Crippen molar-refractivity contribution >= 4 is 46.0 Å². The Morgan fingerprint density at radius 1 is 0.864 bits per heavy atom. The number of nitrogens with zero attached hydrogens (tertiary/aromatic N) is 1. The molecule has 0 unspecified atom stereocenters. The fraction of sp³-hybridized carbons (Fsp3) is 0.0909. The van der Waals surface area contributed by atoms with Crippen molar-refractivity contribution in [3.05, 3.63) is 123 Å². The molecule has 0 saturated carbocycles. The molecule has 222 valence electrons. The highest BCUT2D eigenvalue weighted by Gasteiger charge is 2.17. The molecule has 0 bridgehead atoms. The standard InChI is InChI=1S/C33H26BrN3O7/c1-2-41-30-18-22(9-15-28(30)44-33(40)24-10-12-25(34)13-11-24)19-35-37-32(39)26(36-31(38)23-6-4-3-5-7-23)16-21-8-14-27-29(17-21)43-20-42-27/h3-19H,2,20H2,1H3,(H,36,38)(H,37,39)/b26-16-,35-19+. The zero-order valence-corrected chi connectivity index (χ0v) is 25.0. The van der Waals surface area contributed by atoms with Crippen molar-refractivity contribution in [3.8, 4) is 23.0 Å². The maximum atomic E-state index is 13.2. The topological polar surface area (TPSA) is 125 Å². The molecule has 5 rings (SSSR count). The van der Waals surface area contributed by atoms with E-state index >= 15 is 0 Å². The van der Waals surface area contributed by atoms with Gasteiger partial charge in [-0.1, -0.05) is 40.2 Å². The number of esters is 1. The summed E-state index contributed by atoms with van der Waals surface area (Å²) in [5, 5.41) is 6.72. The number of amides is 2. The lowest BCUT2D eigenvalue weighted by molar-refractivity contribution is -0.117. The molecule has 0 aromatic heterocycles. The SMILES string of the molecule is CCOc1cc(/C=N/NC(=O)/C(=C/c2ccc3c(c2)OCO3)NC(=O)c2ccccc2)ccc1OC(=O)c1ccc(Br)cc1. The third kappa shape index (κ3) is 7.69. The minimum Gasteiger partial charge on any atom is -0.490 e. The van der Waals surface area contributed by atoms with Crippen LogP contribution in [-0.2, 0) is 4.79 Å². The van der Waals surface area contributed by atoms with Gasteiger partial charge < -0.3 is 24.3 Å². The number of carbonyl (C=O) groups excluding carboxylic acids is 3. The predicted octanol–water partition coefficient (Wildman–Crippen LogP) is 5.72. The van der Waals surface area contributed by atoms with Crippen molar-refractivity contribution in [1.82, 2.24) is 10.7 Å². The third-order valence-corrected chi connectivity index (χ3v) is 6.70. The highest BCUT2D eigenvalue weighted by atomic mass is 79.9. The molecule has 0 spiro atoms. The van der Waals surface area contributed by atoms with Gasteiger partial charge in [-0.3, -0.25) is 9.59 Å². The van der Waals surface area contributed by atoms with Crippen LogP contribution >= 0.6 is 15.9 Å². The molecule has 0 radical (unpaired) electrons. The summed E-state index contributed by atoms with van der Waals surface area (Å²) in [5.41, 5.74) is 4.33. The number of rotatable bonds is 10. The monoisotopic (exact) mass is 655 g/mol. The number of hydrogen-bond donors (Lipinski definition) is 2. The summed E-state index contributed by atoms with van der Waals surface area (Å²) >= 11 is 3.34. The molecular weight excluding hydrogens is 630 g/mol. The first-order valence-corrected chi connectivity index (χ1v) is 14.2. The van der Waals surface area contributed by atoms with Crippen LogP contribution in [0.15, 0.2) is 106 Å². The molecule has 0 aliphatic carbocycles.